The van der Waals surface area contributed by atoms with Crippen molar-refractivity contribution in [2.24, 2.45) is 0 Å². The Hall–Kier alpha value is -2.77. The van der Waals surface area contributed by atoms with E-state index in [4.69, 9.17) is 14.2 Å². The van der Waals surface area contributed by atoms with Gasteiger partial charge in [0.15, 0.2) is 11.5 Å². The lowest BCUT2D eigenvalue weighted by molar-refractivity contribution is 0.0886. The minimum Gasteiger partial charge on any atom is -0.497 e. The van der Waals surface area contributed by atoms with Gasteiger partial charge in [-0.3, -0.25) is 9.69 Å². The lowest BCUT2D eigenvalue weighted by atomic mass is 10.0. The summed E-state index contributed by atoms with van der Waals surface area (Å²) in [5.74, 6) is 2.18. The lowest BCUT2D eigenvalue weighted by Crippen LogP contribution is -2.48. The molecule has 7 heteroatoms. The topological polar surface area (TPSA) is 63.3 Å². The Labute approximate surface area is 171 Å². The van der Waals surface area contributed by atoms with Gasteiger partial charge < -0.3 is 24.4 Å². The van der Waals surface area contributed by atoms with E-state index in [0.717, 1.165) is 49.0 Å². The van der Waals surface area contributed by atoms with Crippen molar-refractivity contribution in [1.29, 1.82) is 0 Å². The summed E-state index contributed by atoms with van der Waals surface area (Å²) < 4.78 is 16.2. The largest absolute Gasteiger partial charge is 0.497 e. The quantitative estimate of drug-likeness (QED) is 0.806. The fraction of sp³-hybridized carbons (Fsp3) is 0.409. The molecule has 0 aliphatic carbocycles. The average molecular weight is 397 g/mol. The predicted octanol–water partition coefficient (Wildman–Crippen LogP) is 2.14. The number of nitrogens with one attached hydrogen (secondary N) is 1. The fourth-order valence-electron chi connectivity index (χ4n) is 3.75. The summed E-state index contributed by atoms with van der Waals surface area (Å²) in [5.41, 5.74) is 1.74. The van der Waals surface area contributed by atoms with E-state index in [1.165, 1.54) is 0 Å². The number of carbonyl (C=O) groups is 1. The number of benzene rings is 2. The van der Waals surface area contributed by atoms with Gasteiger partial charge in [-0.05, 0) is 49.0 Å². The molecule has 1 fully saturated rings. The zero-order valence-corrected chi connectivity index (χ0v) is 16.9. The number of fused-ring (bicyclic) bond motifs is 1. The van der Waals surface area contributed by atoms with E-state index >= 15 is 0 Å². The maximum atomic E-state index is 12.7. The number of rotatable bonds is 6. The van der Waals surface area contributed by atoms with Crippen molar-refractivity contribution in [3.8, 4) is 17.2 Å². The first kappa shape index (κ1) is 19.5. The summed E-state index contributed by atoms with van der Waals surface area (Å²) in [5, 5.41) is 3.10. The number of carbonyl (C=O) groups excluding carboxylic acids is 1. The van der Waals surface area contributed by atoms with Crippen molar-refractivity contribution in [3.63, 3.8) is 0 Å². The number of hydrogen-bond acceptors (Lipinski definition) is 6. The third-order valence-electron chi connectivity index (χ3n) is 5.57. The molecule has 7 nitrogen and oxygen atoms in total. The van der Waals surface area contributed by atoms with E-state index in [1.54, 1.807) is 31.4 Å². The van der Waals surface area contributed by atoms with Gasteiger partial charge in [0.2, 0.25) is 6.79 Å². The average Bonchev–Trinajstić information content (AvgIpc) is 3.23. The molecular formula is C22H27N3O4. The van der Waals surface area contributed by atoms with Crippen LogP contribution < -0.4 is 19.5 Å². The molecule has 2 aromatic carbocycles. The SMILES string of the molecule is COc1ccc(C(=O)NC[C@@H](c2ccc3c(c2)OCO3)N2CCN(C)CC2)cc1. The van der Waals surface area contributed by atoms with Gasteiger partial charge >= 0.3 is 0 Å². The second-order valence-corrected chi connectivity index (χ2v) is 7.41. The van der Waals surface area contributed by atoms with Crippen LogP contribution in [0, 0.1) is 0 Å². The summed E-state index contributed by atoms with van der Waals surface area (Å²) >= 11 is 0. The second-order valence-electron chi connectivity index (χ2n) is 7.41. The van der Waals surface area contributed by atoms with Crippen molar-refractivity contribution in [2.75, 3.05) is 53.7 Å². The van der Waals surface area contributed by atoms with E-state index in [1.807, 2.05) is 12.1 Å². The van der Waals surface area contributed by atoms with Crippen molar-refractivity contribution in [2.45, 2.75) is 6.04 Å². The number of piperazine rings is 1. The maximum absolute atomic E-state index is 12.7. The third-order valence-corrected chi connectivity index (χ3v) is 5.57. The zero-order valence-electron chi connectivity index (χ0n) is 16.9. The van der Waals surface area contributed by atoms with Gasteiger partial charge in [0.1, 0.15) is 5.75 Å². The van der Waals surface area contributed by atoms with Crippen molar-refractivity contribution < 1.29 is 19.0 Å². The van der Waals surface area contributed by atoms with Gasteiger partial charge in [-0.2, -0.15) is 0 Å². The Morgan fingerprint density at radius 3 is 2.52 bits per heavy atom. The highest BCUT2D eigenvalue weighted by atomic mass is 16.7. The van der Waals surface area contributed by atoms with Gasteiger partial charge in [-0.25, -0.2) is 0 Å². The van der Waals surface area contributed by atoms with Crippen LogP contribution in [0.25, 0.3) is 0 Å². The van der Waals surface area contributed by atoms with Crippen LogP contribution in [-0.2, 0) is 0 Å². The molecule has 0 bridgehead atoms. The molecular weight excluding hydrogens is 370 g/mol. The van der Waals surface area contributed by atoms with Gasteiger partial charge in [0.05, 0.1) is 13.2 Å². The molecule has 4 rings (SSSR count). The van der Waals surface area contributed by atoms with Crippen LogP contribution in [0.4, 0.5) is 0 Å². The van der Waals surface area contributed by atoms with Crippen LogP contribution in [0.1, 0.15) is 22.0 Å². The van der Waals surface area contributed by atoms with E-state index in [-0.39, 0.29) is 18.7 Å². The molecule has 0 spiro atoms. The van der Waals surface area contributed by atoms with E-state index in [9.17, 15) is 4.79 Å². The number of nitrogens with zero attached hydrogens (tertiary/aromatic N) is 2. The fourth-order valence-corrected chi connectivity index (χ4v) is 3.75. The molecule has 2 aromatic rings. The zero-order chi connectivity index (χ0) is 20.2. The Balaban J connectivity index is 1.49. The molecule has 154 valence electrons. The third kappa shape index (κ3) is 4.46. The smallest absolute Gasteiger partial charge is 0.251 e. The van der Waals surface area contributed by atoms with Crippen molar-refractivity contribution in [3.05, 3.63) is 53.6 Å². The number of likely N-dealkylation sites (N-methyl/N-ethyl adjacent to an activating group) is 1. The number of amides is 1. The molecule has 2 heterocycles. The minimum absolute atomic E-state index is 0.0698. The first-order valence-electron chi connectivity index (χ1n) is 9.88. The first-order chi connectivity index (χ1) is 14.1. The van der Waals surface area contributed by atoms with Crippen molar-refractivity contribution in [1.82, 2.24) is 15.1 Å². The second kappa shape index (κ2) is 8.71. The Bertz CT molecular complexity index is 848. The summed E-state index contributed by atoms with van der Waals surface area (Å²) in [7, 11) is 3.75. The molecule has 0 saturated carbocycles. The van der Waals surface area contributed by atoms with E-state index in [2.05, 4.69) is 28.2 Å². The summed E-state index contributed by atoms with van der Waals surface area (Å²) in [4.78, 5) is 17.4. The van der Waals surface area contributed by atoms with Gasteiger partial charge in [0, 0.05) is 38.3 Å². The van der Waals surface area contributed by atoms with Crippen LogP contribution in [0.5, 0.6) is 17.2 Å². The number of hydrogen-bond donors (Lipinski definition) is 1. The minimum atomic E-state index is -0.0903. The van der Waals surface area contributed by atoms with E-state index in [0.29, 0.717) is 12.1 Å². The maximum Gasteiger partial charge on any atom is 0.251 e. The number of ether oxygens (including phenoxy) is 3. The molecule has 0 radical (unpaired) electrons. The molecule has 1 N–H and O–H groups in total. The van der Waals surface area contributed by atoms with Crippen LogP contribution in [0.3, 0.4) is 0 Å². The monoisotopic (exact) mass is 397 g/mol. The summed E-state index contributed by atoms with van der Waals surface area (Å²) in [6, 6.07) is 13.3. The van der Waals surface area contributed by atoms with E-state index < -0.39 is 0 Å². The highest BCUT2D eigenvalue weighted by Gasteiger charge is 2.26. The summed E-state index contributed by atoms with van der Waals surface area (Å²) in [6.45, 7) is 4.70. The molecule has 0 unspecified atom stereocenters. The molecule has 2 aliphatic heterocycles. The van der Waals surface area contributed by atoms with Crippen LogP contribution in [0.2, 0.25) is 0 Å². The molecule has 1 atom stereocenters. The molecule has 1 saturated heterocycles. The van der Waals surface area contributed by atoms with Crippen molar-refractivity contribution >= 4 is 5.91 Å². The Morgan fingerprint density at radius 1 is 1.07 bits per heavy atom. The Morgan fingerprint density at radius 2 is 1.79 bits per heavy atom. The summed E-state index contributed by atoms with van der Waals surface area (Å²) in [6.07, 6.45) is 0. The molecule has 1 amide bonds. The van der Waals surface area contributed by atoms with Gasteiger partial charge in [-0.15, -0.1) is 0 Å². The first-order valence-corrected chi connectivity index (χ1v) is 9.88. The molecule has 29 heavy (non-hydrogen) atoms. The van der Waals surface area contributed by atoms with Crippen LogP contribution in [-0.4, -0.2) is 69.4 Å². The number of methoxy groups -OCH3 is 1. The molecule has 0 aromatic heterocycles. The lowest BCUT2D eigenvalue weighted by Gasteiger charge is -2.38. The predicted molar refractivity (Wildman–Crippen MR) is 110 cm³/mol. The highest BCUT2D eigenvalue weighted by Crippen LogP contribution is 2.35. The Kier molecular flexibility index (Phi) is 5.87. The molecule has 2 aliphatic rings. The van der Waals surface area contributed by atoms with Gasteiger partial charge in [-0.1, -0.05) is 6.07 Å². The van der Waals surface area contributed by atoms with Crippen LogP contribution in [0.15, 0.2) is 42.5 Å². The standard InChI is InChI=1S/C22H27N3O4/c1-24-9-11-25(12-10-24)19(17-5-8-20-21(13-17)29-15-28-20)14-23-22(26)16-3-6-18(27-2)7-4-16/h3-8,13,19H,9-12,14-15H2,1-2H3,(H,23,26)/t19-/m0/s1. The van der Waals surface area contributed by atoms with Gasteiger partial charge in [0.25, 0.3) is 5.91 Å². The normalized spacial score (nSPS) is 17.7. The highest BCUT2D eigenvalue weighted by molar-refractivity contribution is 5.94. The van der Waals surface area contributed by atoms with Crippen LogP contribution >= 0.6 is 0 Å².